The van der Waals surface area contributed by atoms with E-state index in [2.05, 4.69) is 5.32 Å². The van der Waals surface area contributed by atoms with Crippen LogP contribution in [0.1, 0.15) is 42.5 Å². The Morgan fingerprint density at radius 2 is 2.05 bits per heavy atom. The standard InChI is InChI=1S/C14H17ClFNO2/c15-9-5-2-1-3-7-11(9)17-14(19)13-10(16)6-4-8-12(13)18/h4,6,8-9,11,18H,1-3,5,7H2,(H,17,19). The monoisotopic (exact) mass is 285 g/mol. The maximum Gasteiger partial charge on any atom is 0.258 e. The first-order chi connectivity index (χ1) is 9.09. The first-order valence-electron chi connectivity index (χ1n) is 6.52. The third kappa shape index (κ3) is 3.38. The van der Waals surface area contributed by atoms with Gasteiger partial charge in [-0.05, 0) is 25.0 Å². The zero-order chi connectivity index (χ0) is 13.8. The van der Waals surface area contributed by atoms with Crippen molar-refractivity contribution in [2.45, 2.75) is 43.5 Å². The highest BCUT2D eigenvalue weighted by atomic mass is 35.5. The molecule has 0 heterocycles. The molecule has 0 spiro atoms. The zero-order valence-corrected chi connectivity index (χ0v) is 11.3. The first-order valence-corrected chi connectivity index (χ1v) is 6.95. The van der Waals surface area contributed by atoms with E-state index in [4.69, 9.17) is 11.6 Å². The molecule has 104 valence electrons. The molecule has 1 aliphatic carbocycles. The van der Waals surface area contributed by atoms with Crippen molar-refractivity contribution in [1.29, 1.82) is 0 Å². The van der Waals surface area contributed by atoms with Crippen LogP contribution in [0.4, 0.5) is 4.39 Å². The largest absolute Gasteiger partial charge is 0.507 e. The molecule has 1 fully saturated rings. The number of phenols is 1. The molecular formula is C14H17ClFNO2. The number of rotatable bonds is 2. The number of amides is 1. The van der Waals surface area contributed by atoms with Crippen molar-refractivity contribution in [3.05, 3.63) is 29.6 Å². The van der Waals surface area contributed by atoms with Gasteiger partial charge in [0.1, 0.15) is 17.1 Å². The molecule has 0 bridgehead atoms. The second-order valence-corrected chi connectivity index (χ2v) is 5.43. The predicted molar refractivity (Wildman–Crippen MR) is 72.0 cm³/mol. The van der Waals surface area contributed by atoms with Gasteiger partial charge in [-0.1, -0.05) is 25.3 Å². The second kappa shape index (κ2) is 6.24. The number of alkyl halides is 1. The summed E-state index contributed by atoms with van der Waals surface area (Å²) in [5.74, 6) is -1.68. The molecule has 0 saturated heterocycles. The van der Waals surface area contributed by atoms with Gasteiger partial charge in [0.25, 0.3) is 5.91 Å². The minimum absolute atomic E-state index is 0.139. The number of carbonyl (C=O) groups excluding carboxylic acids is 1. The van der Waals surface area contributed by atoms with E-state index >= 15 is 0 Å². The number of carbonyl (C=O) groups is 1. The molecule has 1 amide bonds. The Morgan fingerprint density at radius 1 is 1.32 bits per heavy atom. The van der Waals surface area contributed by atoms with E-state index in [9.17, 15) is 14.3 Å². The Kier molecular flexibility index (Phi) is 4.64. The fourth-order valence-corrected chi connectivity index (χ4v) is 2.75. The summed E-state index contributed by atoms with van der Waals surface area (Å²) in [6.07, 6.45) is 4.77. The zero-order valence-electron chi connectivity index (χ0n) is 10.5. The molecule has 1 aromatic rings. The SMILES string of the molecule is O=C(NC1CCCCCC1Cl)c1c(O)cccc1F. The van der Waals surface area contributed by atoms with E-state index in [-0.39, 0.29) is 22.7 Å². The summed E-state index contributed by atoms with van der Waals surface area (Å²) in [4.78, 5) is 12.0. The second-order valence-electron chi connectivity index (χ2n) is 4.87. The number of nitrogens with one attached hydrogen (secondary N) is 1. The molecule has 1 aliphatic rings. The van der Waals surface area contributed by atoms with Crippen LogP contribution in [0, 0.1) is 5.82 Å². The maximum atomic E-state index is 13.6. The van der Waals surface area contributed by atoms with Gasteiger partial charge in [0.15, 0.2) is 0 Å². The van der Waals surface area contributed by atoms with Crippen LogP contribution in [0.25, 0.3) is 0 Å². The maximum absolute atomic E-state index is 13.6. The number of aromatic hydroxyl groups is 1. The Hall–Kier alpha value is -1.29. The van der Waals surface area contributed by atoms with Crippen molar-refractivity contribution >= 4 is 17.5 Å². The predicted octanol–water partition coefficient (Wildman–Crippen LogP) is 3.20. The molecule has 2 N–H and O–H groups in total. The van der Waals surface area contributed by atoms with Crippen LogP contribution in [-0.4, -0.2) is 22.4 Å². The summed E-state index contributed by atoms with van der Waals surface area (Å²) in [6, 6.07) is 3.64. The normalized spacial score (nSPS) is 23.7. The number of hydrogen-bond acceptors (Lipinski definition) is 2. The molecule has 1 aromatic carbocycles. The molecule has 2 atom stereocenters. The highest BCUT2D eigenvalue weighted by Crippen LogP contribution is 2.24. The van der Waals surface area contributed by atoms with Gasteiger partial charge in [0, 0.05) is 6.04 Å². The summed E-state index contributed by atoms with van der Waals surface area (Å²) >= 11 is 6.23. The summed E-state index contributed by atoms with van der Waals surface area (Å²) in [6.45, 7) is 0. The van der Waals surface area contributed by atoms with Gasteiger partial charge in [-0.2, -0.15) is 0 Å². The molecule has 19 heavy (non-hydrogen) atoms. The number of phenolic OH excluding ortho intramolecular Hbond substituents is 1. The van der Waals surface area contributed by atoms with Gasteiger partial charge in [-0.15, -0.1) is 11.6 Å². The smallest absolute Gasteiger partial charge is 0.258 e. The summed E-state index contributed by atoms with van der Waals surface area (Å²) in [7, 11) is 0. The first kappa shape index (κ1) is 14.1. The minimum Gasteiger partial charge on any atom is -0.507 e. The lowest BCUT2D eigenvalue weighted by Crippen LogP contribution is -2.40. The van der Waals surface area contributed by atoms with Gasteiger partial charge in [-0.25, -0.2) is 4.39 Å². The third-order valence-corrected chi connectivity index (χ3v) is 3.99. The van der Waals surface area contributed by atoms with Crippen LogP contribution < -0.4 is 5.32 Å². The van der Waals surface area contributed by atoms with Crippen molar-refractivity contribution in [2.24, 2.45) is 0 Å². The van der Waals surface area contributed by atoms with Crippen LogP contribution in [0.3, 0.4) is 0 Å². The lowest BCUT2D eigenvalue weighted by atomic mass is 10.1. The highest BCUT2D eigenvalue weighted by Gasteiger charge is 2.25. The number of halogens is 2. The van der Waals surface area contributed by atoms with E-state index in [1.54, 1.807) is 0 Å². The van der Waals surface area contributed by atoms with Crippen molar-refractivity contribution in [3.63, 3.8) is 0 Å². The van der Waals surface area contributed by atoms with Gasteiger partial charge in [-0.3, -0.25) is 4.79 Å². The Balaban J connectivity index is 2.12. The third-order valence-electron chi connectivity index (χ3n) is 3.47. The summed E-state index contributed by atoms with van der Waals surface area (Å²) in [5.41, 5.74) is -0.310. The van der Waals surface area contributed by atoms with Gasteiger partial charge in [0.05, 0.1) is 5.38 Å². The molecule has 5 heteroatoms. The van der Waals surface area contributed by atoms with E-state index in [1.165, 1.54) is 12.1 Å². The molecule has 2 unspecified atom stereocenters. The van der Waals surface area contributed by atoms with E-state index in [1.807, 2.05) is 0 Å². The van der Waals surface area contributed by atoms with Crippen molar-refractivity contribution in [1.82, 2.24) is 5.32 Å². The molecule has 2 rings (SSSR count). The van der Waals surface area contributed by atoms with Crippen LogP contribution in [-0.2, 0) is 0 Å². The van der Waals surface area contributed by atoms with E-state index < -0.39 is 11.7 Å². The summed E-state index contributed by atoms with van der Waals surface area (Å²) < 4.78 is 13.6. The van der Waals surface area contributed by atoms with Gasteiger partial charge < -0.3 is 10.4 Å². The average Bonchev–Trinajstić information content (AvgIpc) is 2.55. The Bertz CT molecular complexity index is 447. The topological polar surface area (TPSA) is 49.3 Å². The van der Waals surface area contributed by atoms with Crippen molar-refractivity contribution in [3.8, 4) is 5.75 Å². The molecule has 3 nitrogen and oxygen atoms in total. The Labute approximate surface area is 116 Å². The minimum atomic E-state index is -0.725. The number of hydrogen-bond donors (Lipinski definition) is 2. The average molecular weight is 286 g/mol. The summed E-state index contributed by atoms with van der Waals surface area (Å²) in [5, 5.41) is 12.2. The van der Waals surface area contributed by atoms with Crippen LogP contribution in [0.15, 0.2) is 18.2 Å². The Morgan fingerprint density at radius 3 is 2.79 bits per heavy atom. The highest BCUT2D eigenvalue weighted by molar-refractivity contribution is 6.21. The molecule has 1 saturated carbocycles. The van der Waals surface area contributed by atoms with E-state index in [0.717, 1.165) is 38.2 Å². The fourth-order valence-electron chi connectivity index (χ4n) is 2.40. The lowest BCUT2D eigenvalue weighted by Gasteiger charge is -2.21. The fraction of sp³-hybridized carbons (Fsp3) is 0.500. The quantitative estimate of drug-likeness (QED) is 0.647. The van der Waals surface area contributed by atoms with Crippen molar-refractivity contribution in [2.75, 3.05) is 0 Å². The molecule has 0 aromatic heterocycles. The van der Waals surface area contributed by atoms with Gasteiger partial charge >= 0.3 is 0 Å². The van der Waals surface area contributed by atoms with Crippen molar-refractivity contribution < 1.29 is 14.3 Å². The molecule has 0 radical (unpaired) electrons. The number of benzene rings is 1. The van der Waals surface area contributed by atoms with Gasteiger partial charge in [0.2, 0.25) is 0 Å². The van der Waals surface area contributed by atoms with Crippen LogP contribution in [0.2, 0.25) is 0 Å². The lowest BCUT2D eigenvalue weighted by molar-refractivity contribution is 0.0927. The molecule has 0 aliphatic heterocycles. The molecular weight excluding hydrogens is 269 g/mol. The van der Waals surface area contributed by atoms with Crippen LogP contribution in [0.5, 0.6) is 5.75 Å². The van der Waals surface area contributed by atoms with E-state index in [0.29, 0.717) is 0 Å². The van der Waals surface area contributed by atoms with Crippen LogP contribution >= 0.6 is 11.6 Å².